The van der Waals surface area contributed by atoms with Crippen molar-refractivity contribution in [1.82, 2.24) is 19.9 Å². The van der Waals surface area contributed by atoms with E-state index in [1.807, 2.05) is 0 Å². The highest BCUT2D eigenvalue weighted by molar-refractivity contribution is 6.10. The third-order valence-electron chi connectivity index (χ3n) is 4.55. The van der Waals surface area contributed by atoms with Crippen LogP contribution in [0.5, 0.6) is 0 Å². The Morgan fingerprint density at radius 3 is 2.69 bits per heavy atom. The van der Waals surface area contributed by atoms with Gasteiger partial charge in [0.2, 0.25) is 0 Å². The second kappa shape index (κ2) is 6.84. The Morgan fingerprint density at radius 1 is 1.21 bits per heavy atom. The topological polar surface area (TPSA) is 74.4 Å². The number of aromatic nitrogens is 4. The molecule has 0 aliphatic heterocycles. The molecule has 4 aromatic rings. The molecule has 29 heavy (non-hydrogen) atoms. The van der Waals surface area contributed by atoms with Crippen molar-refractivity contribution in [3.8, 4) is 11.5 Å². The molecule has 0 fully saturated rings. The molecular formula is C20H14F4N4O. The smallest absolute Gasteiger partial charge is 0.358 e. The van der Waals surface area contributed by atoms with Gasteiger partial charge in [-0.1, -0.05) is 25.1 Å². The fraction of sp³-hybridized carbons (Fsp3) is 0.150. The largest absolute Gasteiger partial charge is 0.417 e. The fourth-order valence-corrected chi connectivity index (χ4v) is 3.10. The van der Waals surface area contributed by atoms with Gasteiger partial charge in [0.05, 0.1) is 28.7 Å². The van der Waals surface area contributed by atoms with Crippen molar-refractivity contribution in [2.24, 2.45) is 0 Å². The molecule has 0 spiro atoms. The van der Waals surface area contributed by atoms with Crippen LogP contribution in [0.1, 0.15) is 34.1 Å². The molecule has 148 valence electrons. The number of imidazole rings is 1. The van der Waals surface area contributed by atoms with Crippen LogP contribution in [0.3, 0.4) is 0 Å². The van der Waals surface area contributed by atoms with Crippen LogP contribution in [0, 0.1) is 5.82 Å². The first-order valence-corrected chi connectivity index (χ1v) is 8.72. The van der Waals surface area contributed by atoms with Gasteiger partial charge in [0, 0.05) is 17.3 Å². The molecular weight excluding hydrogens is 388 g/mol. The molecule has 0 aliphatic carbocycles. The number of pyridine rings is 1. The van der Waals surface area contributed by atoms with Crippen LogP contribution in [-0.4, -0.2) is 25.7 Å². The maximum atomic E-state index is 14.4. The summed E-state index contributed by atoms with van der Waals surface area (Å²) < 4.78 is 54.0. The number of alkyl halides is 3. The Hall–Kier alpha value is -3.49. The van der Waals surface area contributed by atoms with E-state index in [4.69, 9.17) is 0 Å². The number of ketones is 1. The number of halogens is 4. The van der Waals surface area contributed by atoms with Crippen LogP contribution >= 0.6 is 0 Å². The molecule has 1 aromatic carbocycles. The third kappa shape index (κ3) is 3.28. The lowest BCUT2D eigenvalue weighted by Gasteiger charge is -2.10. The van der Waals surface area contributed by atoms with Crippen molar-refractivity contribution in [2.45, 2.75) is 19.5 Å². The number of hydrogen-bond acceptors (Lipinski definition) is 3. The summed E-state index contributed by atoms with van der Waals surface area (Å²) in [6, 6.07) is 5.97. The number of rotatable bonds is 4. The second-order valence-corrected chi connectivity index (χ2v) is 6.39. The molecule has 0 amide bonds. The maximum Gasteiger partial charge on any atom is 0.417 e. The molecule has 9 heteroatoms. The minimum absolute atomic E-state index is 0.0324. The summed E-state index contributed by atoms with van der Waals surface area (Å²) in [6.07, 6.45) is -1.48. The van der Waals surface area contributed by atoms with Gasteiger partial charge in [-0.05, 0) is 18.6 Å². The van der Waals surface area contributed by atoms with E-state index in [1.165, 1.54) is 30.6 Å². The molecule has 0 aliphatic rings. The highest BCUT2D eigenvalue weighted by Gasteiger charge is 2.35. The van der Waals surface area contributed by atoms with Gasteiger partial charge in [-0.15, -0.1) is 0 Å². The summed E-state index contributed by atoms with van der Waals surface area (Å²) in [7, 11) is 0. The zero-order valence-electron chi connectivity index (χ0n) is 15.1. The van der Waals surface area contributed by atoms with Crippen molar-refractivity contribution in [3.05, 3.63) is 70.9 Å². The lowest BCUT2D eigenvalue weighted by atomic mass is 9.99. The van der Waals surface area contributed by atoms with Crippen LogP contribution in [0.15, 0.2) is 42.7 Å². The van der Waals surface area contributed by atoms with E-state index in [0.717, 1.165) is 12.1 Å². The molecule has 0 unspecified atom stereocenters. The van der Waals surface area contributed by atoms with Crippen LogP contribution in [0.4, 0.5) is 17.6 Å². The van der Waals surface area contributed by atoms with Crippen LogP contribution in [0.25, 0.3) is 22.6 Å². The first kappa shape index (κ1) is 18.9. The highest BCUT2D eigenvalue weighted by atomic mass is 19.4. The first-order chi connectivity index (χ1) is 13.8. The number of nitrogens with one attached hydrogen (secondary N) is 2. The van der Waals surface area contributed by atoms with Gasteiger partial charge in [0.15, 0.2) is 17.4 Å². The third-order valence-corrected chi connectivity index (χ3v) is 4.55. The van der Waals surface area contributed by atoms with E-state index in [2.05, 4.69) is 19.9 Å². The number of benzene rings is 1. The summed E-state index contributed by atoms with van der Waals surface area (Å²) >= 11 is 0. The fourth-order valence-electron chi connectivity index (χ4n) is 3.10. The lowest BCUT2D eigenvalue weighted by molar-refractivity contribution is -0.137. The normalized spacial score (nSPS) is 11.9. The van der Waals surface area contributed by atoms with Gasteiger partial charge in [-0.25, -0.2) is 9.37 Å². The number of aryl methyl sites for hydroxylation is 1. The predicted octanol–water partition coefficient (Wildman–Crippen LogP) is 4.90. The van der Waals surface area contributed by atoms with Crippen molar-refractivity contribution < 1.29 is 22.4 Å². The second-order valence-electron chi connectivity index (χ2n) is 6.39. The summed E-state index contributed by atoms with van der Waals surface area (Å²) in [5.74, 6) is -1.07. The van der Waals surface area contributed by atoms with Crippen LogP contribution in [0.2, 0.25) is 0 Å². The van der Waals surface area contributed by atoms with Crippen LogP contribution < -0.4 is 0 Å². The quantitative estimate of drug-likeness (QED) is 0.377. The molecule has 3 heterocycles. The number of carbonyl (C=O) groups is 1. The van der Waals surface area contributed by atoms with E-state index in [-0.39, 0.29) is 22.6 Å². The summed E-state index contributed by atoms with van der Waals surface area (Å²) in [4.78, 5) is 26.6. The molecule has 3 aromatic heterocycles. The molecule has 5 nitrogen and oxygen atoms in total. The van der Waals surface area contributed by atoms with Crippen molar-refractivity contribution in [3.63, 3.8) is 0 Å². The van der Waals surface area contributed by atoms with Crippen molar-refractivity contribution >= 4 is 16.8 Å². The standard InChI is InChI=1S/C20H14F4N4O/c1-2-13-16(21)17-15(9-26-13)27-19(28-17)14-7-10(8-25-14)18(29)11-5-3-4-6-12(11)20(22,23)24/h3-9,25H,2H2,1H3,(H,27,28). The van der Waals surface area contributed by atoms with E-state index in [0.29, 0.717) is 17.6 Å². The Labute approximate surface area is 161 Å². The molecule has 2 N–H and O–H groups in total. The SMILES string of the molecule is CCc1ncc2[nH]c(-c3cc(C(=O)c4ccccc4C(F)(F)F)c[nH]3)nc2c1F. The van der Waals surface area contributed by atoms with Gasteiger partial charge in [-0.3, -0.25) is 9.78 Å². The van der Waals surface area contributed by atoms with Gasteiger partial charge < -0.3 is 9.97 Å². The molecule has 0 radical (unpaired) electrons. The maximum absolute atomic E-state index is 14.4. The first-order valence-electron chi connectivity index (χ1n) is 8.72. The van der Waals surface area contributed by atoms with E-state index in [1.54, 1.807) is 6.92 Å². The lowest BCUT2D eigenvalue weighted by Crippen LogP contribution is -2.13. The van der Waals surface area contributed by atoms with E-state index >= 15 is 0 Å². The average molecular weight is 402 g/mol. The number of hydrogen-bond donors (Lipinski definition) is 2. The van der Waals surface area contributed by atoms with Crippen molar-refractivity contribution in [1.29, 1.82) is 0 Å². The predicted molar refractivity (Wildman–Crippen MR) is 97.9 cm³/mol. The summed E-state index contributed by atoms with van der Waals surface area (Å²) in [5.41, 5.74) is -0.316. The molecule has 0 bridgehead atoms. The van der Waals surface area contributed by atoms with Crippen molar-refractivity contribution in [2.75, 3.05) is 0 Å². The Bertz CT molecular complexity index is 1220. The monoisotopic (exact) mass is 402 g/mol. The van der Waals surface area contributed by atoms with Gasteiger partial charge in [0.1, 0.15) is 5.52 Å². The number of aromatic amines is 2. The molecule has 0 atom stereocenters. The highest BCUT2D eigenvalue weighted by Crippen LogP contribution is 2.33. The van der Waals surface area contributed by atoms with Gasteiger partial charge in [0.25, 0.3) is 0 Å². The Balaban J connectivity index is 1.72. The Morgan fingerprint density at radius 2 is 1.97 bits per heavy atom. The number of nitrogens with zero attached hydrogens (tertiary/aromatic N) is 2. The van der Waals surface area contributed by atoms with Gasteiger partial charge >= 0.3 is 6.18 Å². The average Bonchev–Trinajstić information content (AvgIpc) is 3.34. The molecule has 0 saturated heterocycles. The molecule has 4 rings (SSSR count). The zero-order chi connectivity index (χ0) is 20.8. The number of carbonyl (C=O) groups excluding carboxylic acids is 1. The number of fused-ring (bicyclic) bond motifs is 1. The summed E-state index contributed by atoms with van der Waals surface area (Å²) in [5, 5.41) is 0. The van der Waals surface area contributed by atoms with E-state index in [9.17, 15) is 22.4 Å². The van der Waals surface area contributed by atoms with E-state index < -0.39 is 28.9 Å². The van der Waals surface area contributed by atoms with Crippen LogP contribution in [-0.2, 0) is 12.6 Å². The number of H-pyrrole nitrogens is 2. The molecule has 0 saturated carbocycles. The zero-order valence-corrected chi connectivity index (χ0v) is 15.1. The summed E-state index contributed by atoms with van der Waals surface area (Å²) in [6.45, 7) is 1.77. The minimum atomic E-state index is -4.65. The Kier molecular flexibility index (Phi) is 4.45. The van der Waals surface area contributed by atoms with Gasteiger partial charge in [-0.2, -0.15) is 13.2 Å². The minimum Gasteiger partial charge on any atom is -0.358 e.